The number of amides is 1. The van der Waals surface area contributed by atoms with Crippen molar-refractivity contribution in [2.24, 2.45) is 0 Å². The van der Waals surface area contributed by atoms with E-state index in [2.05, 4.69) is 17.0 Å². The highest BCUT2D eigenvalue weighted by Crippen LogP contribution is 2.33. The van der Waals surface area contributed by atoms with Crippen LogP contribution in [0.15, 0.2) is 54.6 Å². The second-order valence-electron chi connectivity index (χ2n) is 8.20. The number of benzene rings is 2. The highest BCUT2D eigenvalue weighted by Gasteiger charge is 2.30. The Morgan fingerprint density at radius 2 is 1.63 bits per heavy atom. The highest BCUT2D eigenvalue weighted by atomic mass is 35.5. The van der Waals surface area contributed by atoms with Crippen molar-refractivity contribution >= 4 is 18.3 Å². The molecule has 2 aromatic rings. The number of rotatable bonds is 7. The number of ether oxygens (including phenoxy) is 1. The van der Waals surface area contributed by atoms with Gasteiger partial charge in [-0.15, -0.1) is 12.4 Å². The van der Waals surface area contributed by atoms with E-state index in [4.69, 9.17) is 4.74 Å². The summed E-state index contributed by atoms with van der Waals surface area (Å²) in [4.78, 5) is 17.6. The molecule has 0 radical (unpaired) electrons. The van der Waals surface area contributed by atoms with E-state index in [9.17, 15) is 4.79 Å². The smallest absolute Gasteiger partial charge is 0.254 e. The van der Waals surface area contributed by atoms with Gasteiger partial charge in [0.15, 0.2) is 0 Å². The van der Waals surface area contributed by atoms with E-state index >= 15 is 0 Å². The third-order valence-electron chi connectivity index (χ3n) is 6.14. The van der Waals surface area contributed by atoms with Crippen molar-refractivity contribution in [2.75, 3.05) is 32.8 Å². The number of hydrogen-bond donors (Lipinski definition) is 0. The molecule has 0 spiro atoms. The van der Waals surface area contributed by atoms with E-state index in [0.717, 1.165) is 50.3 Å². The Morgan fingerprint density at radius 1 is 0.900 bits per heavy atom. The molecule has 1 atom stereocenters. The van der Waals surface area contributed by atoms with E-state index < -0.39 is 0 Å². The summed E-state index contributed by atoms with van der Waals surface area (Å²) in [6.45, 7) is 5.14. The average molecular weight is 429 g/mol. The largest absolute Gasteiger partial charge is 0.494 e. The van der Waals surface area contributed by atoms with Crippen molar-refractivity contribution in [1.29, 1.82) is 0 Å². The molecular weight excluding hydrogens is 396 g/mol. The van der Waals surface area contributed by atoms with Crippen LogP contribution in [0.4, 0.5) is 0 Å². The van der Waals surface area contributed by atoms with Gasteiger partial charge in [0.2, 0.25) is 0 Å². The summed E-state index contributed by atoms with van der Waals surface area (Å²) in [5.74, 6) is 0.967. The molecule has 162 valence electrons. The predicted octanol–water partition coefficient (Wildman–Crippen LogP) is 5.34. The van der Waals surface area contributed by atoms with Crippen LogP contribution in [-0.2, 0) is 0 Å². The predicted molar refractivity (Wildman–Crippen MR) is 124 cm³/mol. The molecule has 4 rings (SSSR count). The molecule has 5 heteroatoms. The van der Waals surface area contributed by atoms with Gasteiger partial charge in [-0.2, -0.15) is 0 Å². The highest BCUT2D eigenvalue weighted by molar-refractivity contribution is 5.94. The number of carbonyl (C=O) groups is 1. The zero-order chi connectivity index (χ0) is 19.9. The Hall–Kier alpha value is -2.04. The fraction of sp³-hybridized carbons (Fsp3) is 0.480. The molecule has 30 heavy (non-hydrogen) atoms. The molecule has 0 N–H and O–H groups in total. The quantitative estimate of drug-likeness (QED) is 0.558. The molecule has 0 aromatic heterocycles. The van der Waals surface area contributed by atoms with E-state index in [1.54, 1.807) is 0 Å². The monoisotopic (exact) mass is 428 g/mol. The molecule has 2 aliphatic heterocycles. The molecule has 2 aromatic carbocycles. The Kier molecular flexibility index (Phi) is 8.59. The number of likely N-dealkylation sites (tertiary alicyclic amines) is 2. The molecule has 0 saturated carbocycles. The van der Waals surface area contributed by atoms with Gasteiger partial charge in [-0.25, -0.2) is 0 Å². The van der Waals surface area contributed by atoms with Crippen LogP contribution in [0.3, 0.4) is 0 Å². The fourth-order valence-corrected chi connectivity index (χ4v) is 4.55. The standard InChI is InChI=1S/C25H32N2O2.ClH/c28-25(27-19-7-11-24(27)21-9-3-1-4-10-21)22-12-14-23(15-13-22)29-20-8-18-26-16-5-2-6-17-26;/h1,3-4,9-10,12-15,24H,2,5-8,11,16-20H2;1H/t24-;/m1./s1. The number of nitrogens with zero attached hydrogens (tertiary/aromatic N) is 2. The molecule has 2 aliphatic rings. The maximum atomic E-state index is 13.1. The van der Waals surface area contributed by atoms with Crippen molar-refractivity contribution in [3.05, 3.63) is 65.7 Å². The Balaban J connectivity index is 0.00000256. The maximum absolute atomic E-state index is 13.1. The van der Waals surface area contributed by atoms with Gasteiger partial charge in [0.05, 0.1) is 12.6 Å². The molecule has 2 saturated heterocycles. The topological polar surface area (TPSA) is 32.8 Å². The number of hydrogen-bond acceptors (Lipinski definition) is 3. The first kappa shape index (κ1) is 22.6. The van der Waals surface area contributed by atoms with E-state index in [1.165, 1.54) is 37.9 Å². The van der Waals surface area contributed by atoms with Gasteiger partial charge in [0, 0.05) is 18.7 Å². The van der Waals surface area contributed by atoms with Crippen LogP contribution in [0, 0.1) is 0 Å². The number of halogens is 1. The second-order valence-corrected chi connectivity index (χ2v) is 8.20. The molecular formula is C25H33ClN2O2. The van der Waals surface area contributed by atoms with Crippen LogP contribution in [0.2, 0.25) is 0 Å². The van der Waals surface area contributed by atoms with Gasteiger partial charge >= 0.3 is 0 Å². The van der Waals surface area contributed by atoms with Crippen molar-refractivity contribution in [3.63, 3.8) is 0 Å². The molecule has 4 nitrogen and oxygen atoms in total. The lowest BCUT2D eigenvalue weighted by atomic mass is 10.0. The summed E-state index contributed by atoms with van der Waals surface area (Å²) >= 11 is 0. The molecule has 2 heterocycles. The molecule has 0 bridgehead atoms. The minimum Gasteiger partial charge on any atom is -0.494 e. The first-order valence-electron chi connectivity index (χ1n) is 11.1. The van der Waals surface area contributed by atoms with Crippen LogP contribution in [-0.4, -0.2) is 48.5 Å². The molecule has 0 aliphatic carbocycles. The average Bonchev–Trinajstić information content (AvgIpc) is 3.28. The van der Waals surface area contributed by atoms with Crippen molar-refractivity contribution in [3.8, 4) is 5.75 Å². The summed E-state index contributed by atoms with van der Waals surface area (Å²) in [5, 5.41) is 0. The van der Waals surface area contributed by atoms with Crippen molar-refractivity contribution in [1.82, 2.24) is 9.80 Å². The summed E-state index contributed by atoms with van der Waals surface area (Å²) in [6.07, 6.45) is 7.18. The van der Waals surface area contributed by atoms with E-state index in [0.29, 0.717) is 0 Å². The van der Waals surface area contributed by atoms with Gasteiger partial charge in [-0.05, 0) is 75.0 Å². The lowest BCUT2D eigenvalue weighted by Crippen LogP contribution is -2.31. The van der Waals surface area contributed by atoms with Crippen LogP contribution in [0.1, 0.15) is 60.5 Å². The van der Waals surface area contributed by atoms with E-state index in [-0.39, 0.29) is 24.4 Å². The summed E-state index contributed by atoms with van der Waals surface area (Å²) < 4.78 is 5.90. The first-order valence-corrected chi connectivity index (χ1v) is 11.1. The molecule has 1 amide bonds. The number of piperidine rings is 1. The molecule has 2 fully saturated rings. The van der Waals surface area contributed by atoms with Crippen molar-refractivity contribution < 1.29 is 9.53 Å². The van der Waals surface area contributed by atoms with Crippen molar-refractivity contribution in [2.45, 2.75) is 44.6 Å². The van der Waals surface area contributed by atoms with Gasteiger partial charge in [0.25, 0.3) is 5.91 Å². The van der Waals surface area contributed by atoms with Crippen LogP contribution < -0.4 is 4.74 Å². The first-order chi connectivity index (χ1) is 14.3. The Morgan fingerprint density at radius 3 is 2.37 bits per heavy atom. The Labute approximate surface area is 186 Å². The second kappa shape index (κ2) is 11.4. The van der Waals surface area contributed by atoms with Gasteiger partial charge in [-0.1, -0.05) is 36.8 Å². The molecule has 0 unspecified atom stereocenters. The van der Waals surface area contributed by atoms with Gasteiger partial charge < -0.3 is 14.5 Å². The Bertz CT molecular complexity index is 775. The van der Waals surface area contributed by atoms with E-state index in [1.807, 2.05) is 47.4 Å². The van der Waals surface area contributed by atoms with Crippen LogP contribution in [0.25, 0.3) is 0 Å². The normalized spacial score (nSPS) is 19.3. The fourth-order valence-electron chi connectivity index (χ4n) is 4.55. The lowest BCUT2D eigenvalue weighted by Gasteiger charge is -2.26. The summed E-state index contributed by atoms with van der Waals surface area (Å²) in [5.41, 5.74) is 1.97. The third-order valence-corrected chi connectivity index (χ3v) is 6.14. The summed E-state index contributed by atoms with van der Waals surface area (Å²) in [6, 6.07) is 18.2. The third kappa shape index (κ3) is 5.77. The lowest BCUT2D eigenvalue weighted by molar-refractivity contribution is 0.0735. The van der Waals surface area contributed by atoms with Gasteiger partial charge in [0.1, 0.15) is 5.75 Å². The zero-order valence-electron chi connectivity index (χ0n) is 17.7. The van der Waals surface area contributed by atoms with Gasteiger partial charge in [-0.3, -0.25) is 4.79 Å². The number of carbonyl (C=O) groups excluding carboxylic acids is 1. The SMILES string of the molecule is Cl.O=C(c1ccc(OCCCN2CCCCC2)cc1)N1CCC[C@@H]1c1ccccc1. The maximum Gasteiger partial charge on any atom is 0.254 e. The minimum atomic E-state index is 0. The minimum absolute atomic E-state index is 0. The van der Waals surface area contributed by atoms with Crippen LogP contribution in [0.5, 0.6) is 5.75 Å². The zero-order valence-corrected chi connectivity index (χ0v) is 18.5. The summed E-state index contributed by atoms with van der Waals surface area (Å²) in [7, 11) is 0. The van der Waals surface area contributed by atoms with Crippen LogP contribution >= 0.6 is 12.4 Å².